The van der Waals surface area contributed by atoms with Gasteiger partial charge >= 0.3 is 88.4 Å². The summed E-state index contributed by atoms with van der Waals surface area (Å²) in [5, 5.41) is 0. The molecule has 0 amide bonds. The Labute approximate surface area is 87.1 Å². The molecule has 0 aliphatic rings. The predicted molar refractivity (Wildman–Crippen MR) is 11.6 cm³/mol. The monoisotopic (exact) mass is 444 g/mol. The molecule has 0 aromatic heterocycles. The third-order valence-corrected chi connectivity index (χ3v) is 0. The summed E-state index contributed by atoms with van der Waals surface area (Å²) >= 11 is -7.88. The zero-order valence-electron chi connectivity index (χ0n) is 4.03. The Morgan fingerprint density at radius 2 is 1.33 bits per heavy atom. The van der Waals surface area contributed by atoms with Crippen LogP contribution in [-0.2, 0) is 47.4 Å². The molecule has 0 spiro atoms. The van der Waals surface area contributed by atoms with Crippen molar-refractivity contribution in [2.75, 3.05) is 0 Å². The number of rotatable bonds is 0. The molecule has 0 aromatic carbocycles. The molecule has 9 heavy (non-hydrogen) atoms. The Morgan fingerprint density at radius 3 is 1.33 bits per heavy atom. The molecule has 0 aliphatic heterocycles. The quantitative estimate of drug-likeness (QED) is 0.367. The molecule has 0 saturated carbocycles. The van der Waals surface area contributed by atoms with E-state index in [2.05, 4.69) is 0 Å². The minimum Gasteiger partial charge on any atom is 2.00 e. The van der Waals surface area contributed by atoms with Gasteiger partial charge in [0.05, 0.1) is 0 Å². The van der Waals surface area contributed by atoms with Gasteiger partial charge in [-0.1, -0.05) is 0 Å². The van der Waals surface area contributed by atoms with Gasteiger partial charge in [0.1, 0.15) is 0 Å². The summed E-state index contributed by atoms with van der Waals surface area (Å²) in [6.07, 6.45) is 0. The predicted octanol–water partition coefficient (Wildman–Crippen LogP) is -4.12. The van der Waals surface area contributed by atoms with Crippen molar-refractivity contribution in [2.24, 2.45) is 0 Å². The average molecular weight is 444 g/mol. The van der Waals surface area contributed by atoms with Gasteiger partial charge in [-0.05, 0) is 0 Å². The van der Waals surface area contributed by atoms with Gasteiger partial charge in [0.2, 0.25) is 0 Å². The van der Waals surface area contributed by atoms with Crippen molar-refractivity contribution in [3.63, 3.8) is 0 Å². The second-order valence-electron chi connectivity index (χ2n) is 0.533. The molecule has 0 heterocycles. The summed E-state index contributed by atoms with van der Waals surface area (Å²) in [5.74, 6) is 0. The molecule has 0 unspecified atom stereocenters. The maximum absolute atomic E-state index is 8.81. The number of hydrogen-bond acceptors (Lipinski definition) is 4. The van der Waals surface area contributed by atoms with E-state index in [1.54, 1.807) is 0 Å². The Kier molecular flexibility index (Phi) is 24.1. The summed E-state index contributed by atoms with van der Waals surface area (Å²) in [4.78, 5) is 0. The van der Waals surface area contributed by atoms with E-state index in [-0.39, 0.29) is 27.3 Å². The molecule has 0 aromatic rings. The topological polar surface area (TPSA) is 121 Å². The zero-order valence-corrected chi connectivity index (χ0v) is 11.9. The van der Waals surface area contributed by atoms with Crippen LogP contribution in [0.2, 0.25) is 0 Å². The van der Waals surface area contributed by atoms with Crippen LogP contribution in [0, 0.1) is 0 Å². The molecule has 0 fully saturated rings. The van der Waals surface area contributed by atoms with Crippen molar-refractivity contribution < 1.29 is 61.1 Å². The molecule has 0 bridgehead atoms. The van der Waals surface area contributed by atoms with Crippen molar-refractivity contribution >= 4 is 27.3 Å². The van der Waals surface area contributed by atoms with E-state index < -0.39 is 41.3 Å². The minimum absolute atomic E-state index is 0. The second-order valence-corrected chi connectivity index (χ2v) is 2.64. The molecule has 6 nitrogen and oxygen atoms in total. The van der Waals surface area contributed by atoms with Crippen molar-refractivity contribution in [3.05, 3.63) is 0 Å². The first-order chi connectivity index (χ1) is 3.46. The summed E-state index contributed by atoms with van der Waals surface area (Å²) < 4.78 is 49.1. The molecule has 0 atom stereocenters. The first-order valence-corrected chi connectivity index (χ1v) is 6.31. The SMILES string of the molecule is [O]=[Ti]([OH])[OH].[O]=[Zr]([O-])[O-].[Pb+2]. The molecule has 50 valence electrons. The molecule has 0 aliphatic carbocycles. The van der Waals surface area contributed by atoms with Crippen LogP contribution >= 0.6 is 0 Å². The fraction of sp³-hybridized carbons (Fsp3) is 0. The van der Waals surface area contributed by atoms with Gasteiger partial charge in [-0.15, -0.1) is 0 Å². The fourth-order valence-electron chi connectivity index (χ4n) is 0. The minimum atomic E-state index is -4.29. The largest absolute Gasteiger partial charge is 2.00 e. The first-order valence-electron chi connectivity index (χ1n) is 1.26. The zero-order chi connectivity index (χ0) is 7.15. The van der Waals surface area contributed by atoms with Crippen LogP contribution in [0.25, 0.3) is 0 Å². The standard InChI is InChI=1S/2H2O.4O.Pb.Ti.Zr/h2*1H2;;;;;;;/q;;;;2*-1;2*+2;/p-2. The molecule has 2 radical (unpaired) electrons. The van der Waals surface area contributed by atoms with Crippen molar-refractivity contribution in [1.29, 1.82) is 0 Å². The van der Waals surface area contributed by atoms with Gasteiger partial charge in [-0.2, -0.15) is 0 Å². The van der Waals surface area contributed by atoms with Gasteiger partial charge in [0.25, 0.3) is 0 Å². The van der Waals surface area contributed by atoms with E-state index in [9.17, 15) is 0 Å². The van der Waals surface area contributed by atoms with Gasteiger partial charge in [0.15, 0.2) is 0 Å². The van der Waals surface area contributed by atoms with Gasteiger partial charge in [0, 0.05) is 0 Å². The maximum Gasteiger partial charge on any atom is 2.00 e. The first kappa shape index (κ1) is 17.2. The summed E-state index contributed by atoms with van der Waals surface area (Å²) in [6, 6.07) is 0. The fourth-order valence-corrected chi connectivity index (χ4v) is 0. The molecule has 0 saturated heterocycles. The van der Waals surface area contributed by atoms with Crippen LogP contribution in [0.1, 0.15) is 0 Å². The Balaban J connectivity index is -0.0000000720. The Hall–Kier alpha value is 1.96. The third kappa shape index (κ3) is 164. The third-order valence-electron chi connectivity index (χ3n) is 0. The van der Waals surface area contributed by atoms with Gasteiger partial charge in [-0.25, -0.2) is 0 Å². The van der Waals surface area contributed by atoms with Crippen molar-refractivity contribution in [3.8, 4) is 0 Å². The van der Waals surface area contributed by atoms with Crippen LogP contribution in [0.4, 0.5) is 0 Å². The van der Waals surface area contributed by atoms with E-state index in [4.69, 9.17) is 19.9 Å². The van der Waals surface area contributed by atoms with Crippen molar-refractivity contribution in [2.45, 2.75) is 0 Å². The normalized spacial score (nSPS) is 5.78. The van der Waals surface area contributed by atoms with Crippen LogP contribution in [0.5, 0.6) is 0 Å². The van der Waals surface area contributed by atoms with Gasteiger partial charge < -0.3 is 0 Å². The van der Waals surface area contributed by atoms with E-state index in [0.29, 0.717) is 0 Å². The summed E-state index contributed by atoms with van der Waals surface area (Å²) in [7, 11) is 0. The molecular weight excluding hydrogens is 442 g/mol. The molecular formula is H2O6PbTiZr. The van der Waals surface area contributed by atoms with Crippen LogP contribution < -0.4 is 6.37 Å². The van der Waals surface area contributed by atoms with E-state index >= 15 is 0 Å². The molecule has 0 rings (SSSR count). The summed E-state index contributed by atoms with van der Waals surface area (Å²) in [6.45, 7) is 0. The smallest absolute Gasteiger partial charge is 2.00 e. The van der Waals surface area contributed by atoms with E-state index in [1.807, 2.05) is 0 Å². The van der Waals surface area contributed by atoms with Crippen LogP contribution in [0.15, 0.2) is 0 Å². The maximum atomic E-state index is 8.81. The Bertz CT molecular complexity index is 71.1. The number of hydrogen-bond donors (Lipinski definition) is 2. The average Bonchev–Trinajstić information content (AvgIpc) is 1.25. The molecule has 9 heteroatoms. The van der Waals surface area contributed by atoms with Crippen LogP contribution in [0.3, 0.4) is 0 Å². The Morgan fingerprint density at radius 1 is 1.33 bits per heavy atom. The molecule has 2 N–H and O–H groups in total. The van der Waals surface area contributed by atoms with E-state index in [0.717, 1.165) is 0 Å². The van der Waals surface area contributed by atoms with Crippen molar-refractivity contribution in [1.82, 2.24) is 0 Å². The van der Waals surface area contributed by atoms with Crippen LogP contribution in [-0.4, -0.2) is 34.7 Å². The second kappa shape index (κ2) is 12.6. The van der Waals surface area contributed by atoms with Gasteiger partial charge in [-0.3, -0.25) is 0 Å². The summed E-state index contributed by atoms with van der Waals surface area (Å²) in [5.41, 5.74) is 0. The van der Waals surface area contributed by atoms with E-state index in [1.165, 1.54) is 0 Å².